The van der Waals surface area contributed by atoms with Gasteiger partial charge in [-0.2, -0.15) is 18.3 Å². The first-order valence-corrected chi connectivity index (χ1v) is 7.34. The van der Waals surface area contributed by atoms with Crippen LogP contribution in [0.25, 0.3) is 0 Å². The largest absolute Gasteiger partial charge is 0.513 e. The van der Waals surface area contributed by atoms with E-state index in [2.05, 4.69) is 26.2 Å². The van der Waals surface area contributed by atoms with Gasteiger partial charge >= 0.3 is 6.18 Å². The molecule has 0 radical (unpaired) electrons. The van der Waals surface area contributed by atoms with E-state index in [1.807, 2.05) is 0 Å². The Kier molecular flexibility index (Phi) is 5.50. The third-order valence-electron chi connectivity index (χ3n) is 2.93. The summed E-state index contributed by atoms with van der Waals surface area (Å²) in [7, 11) is 0. The van der Waals surface area contributed by atoms with Crippen LogP contribution < -0.4 is 0 Å². The van der Waals surface area contributed by atoms with Gasteiger partial charge < -0.3 is 5.11 Å². The van der Waals surface area contributed by atoms with E-state index >= 15 is 0 Å². The summed E-state index contributed by atoms with van der Waals surface area (Å²) in [6, 6.07) is 10.3. The molecule has 2 aromatic rings. The number of ketones is 1. The zero-order chi connectivity index (χ0) is 17.7. The number of nitrogens with zero attached hydrogens (tertiary/aromatic N) is 2. The van der Waals surface area contributed by atoms with Crippen LogP contribution in [0.15, 0.2) is 75.2 Å². The second-order valence-electron chi connectivity index (χ2n) is 4.59. The van der Waals surface area contributed by atoms with Crippen molar-refractivity contribution >= 4 is 27.4 Å². The average Bonchev–Trinajstić information content (AvgIpc) is 2.55. The molecule has 0 heterocycles. The molecule has 1 N–H and O–H groups in total. The van der Waals surface area contributed by atoms with Gasteiger partial charge in [-0.25, -0.2) is 0 Å². The van der Waals surface area contributed by atoms with Gasteiger partial charge in [-0.3, -0.25) is 4.79 Å². The van der Waals surface area contributed by atoms with E-state index in [1.165, 1.54) is 12.1 Å². The fraction of sp³-hybridized carbons (Fsp3) is 0.0625. The van der Waals surface area contributed by atoms with Crippen molar-refractivity contribution in [3.63, 3.8) is 0 Å². The maximum atomic E-state index is 12.5. The Morgan fingerprint density at radius 3 is 2.12 bits per heavy atom. The third-order valence-corrected chi connectivity index (χ3v) is 3.46. The normalized spacial score (nSPS) is 12.6. The summed E-state index contributed by atoms with van der Waals surface area (Å²) in [5, 5.41) is 16.4. The van der Waals surface area contributed by atoms with Crippen LogP contribution in [0.1, 0.15) is 15.9 Å². The van der Waals surface area contributed by atoms with Gasteiger partial charge in [0.05, 0.1) is 11.3 Å². The highest BCUT2D eigenvalue weighted by Gasteiger charge is 2.29. The fourth-order valence-electron chi connectivity index (χ4n) is 1.71. The number of azo groups is 1. The van der Waals surface area contributed by atoms with Crippen molar-refractivity contribution in [1.82, 2.24) is 0 Å². The van der Waals surface area contributed by atoms with Gasteiger partial charge in [0, 0.05) is 10.0 Å². The van der Waals surface area contributed by atoms with Crippen molar-refractivity contribution in [2.45, 2.75) is 6.18 Å². The van der Waals surface area contributed by atoms with Crippen LogP contribution in [0.4, 0.5) is 18.9 Å². The summed E-state index contributed by atoms with van der Waals surface area (Å²) in [6.07, 6.45) is -3.94. The van der Waals surface area contributed by atoms with Crippen molar-refractivity contribution in [2.75, 3.05) is 0 Å². The summed E-state index contributed by atoms with van der Waals surface area (Å²) >= 11 is 3.23. The molecule has 0 saturated heterocycles. The second-order valence-corrected chi connectivity index (χ2v) is 5.51. The maximum absolute atomic E-state index is 12.5. The fourth-order valence-corrected chi connectivity index (χ4v) is 1.97. The van der Waals surface area contributed by atoms with Crippen LogP contribution >= 0.6 is 15.9 Å². The Morgan fingerprint density at radius 1 is 1.04 bits per heavy atom. The van der Waals surface area contributed by atoms with Gasteiger partial charge in [0.25, 0.3) is 0 Å². The van der Waals surface area contributed by atoms with Crippen LogP contribution in [0.3, 0.4) is 0 Å². The predicted molar refractivity (Wildman–Crippen MR) is 85.1 cm³/mol. The predicted octanol–water partition coefficient (Wildman–Crippen LogP) is 5.83. The van der Waals surface area contributed by atoms with Gasteiger partial charge in [0.15, 0.2) is 5.70 Å². The van der Waals surface area contributed by atoms with E-state index in [-0.39, 0.29) is 16.9 Å². The number of Topliss-reactive ketones (excluding diaryl/α,β-unsaturated/α-hetero) is 1. The van der Waals surface area contributed by atoms with Crippen LogP contribution in [-0.4, -0.2) is 10.9 Å². The molecule has 0 amide bonds. The summed E-state index contributed by atoms with van der Waals surface area (Å²) in [6.45, 7) is 0. The van der Waals surface area contributed by atoms with Crippen LogP contribution in [0.5, 0.6) is 0 Å². The lowest BCUT2D eigenvalue weighted by molar-refractivity contribution is -0.137. The first-order chi connectivity index (χ1) is 11.3. The van der Waals surface area contributed by atoms with Gasteiger partial charge in [-0.15, -0.1) is 5.11 Å². The van der Waals surface area contributed by atoms with E-state index in [4.69, 9.17) is 5.11 Å². The molecule has 2 aromatic carbocycles. The molecule has 0 saturated carbocycles. The molecule has 0 atom stereocenters. The molecular weight excluding hydrogens is 389 g/mol. The standard InChI is InChI=1S/C16H10BrF3N2O2/c17-12-5-1-10(2-6-12)15(24)14(9-23)22-21-13-7-3-11(4-8-13)16(18,19)20/h1-9,23H. The number of carbonyl (C=O) groups is 1. The minimum absolute atomic E-state index is 0.117. The number of alkyl halides is 3. The van der Waals surface area contributed by atoms with Crippen molar-refractivity contribution in [3.8, 4) is 0 Å². The number of rotatable bonds is 4. The number of hydrogen-bond acceptors (Lipinski definition) is 4. The van der Waals surface area contributed by atoms with E-state index in [9.17, 15) is 18.0 Å². The van der Waals surface area contributed by atoms with Gasteiger partial charge in [0.2, 0.25) is 5.78 Å². The molecular formula is C16H10BrF3N2O2. The summed E-state index contributed by atoms with van der Waals surface area (Å²) in [4.78, 5) is 12.1. The summed E-state index contributed by atoms with van der Waals surface area (Å²) in [5.74, 6) is -0.569. The molecule has 0 aliphatic heterocycles. The Labute approximate surface area is 143 Å². The number of carbonyl (C=O) groups excluding carboxylic acids is 1. The molecule has 0 spiro atoms. The third kappa shape index (κ3) is 4.51. The van der Waals surface area contributed by atoms with Crippen molar-refractivity contribution in [2.24, 2.45) is 10.2 Å². The zero-order valence-corrected chi connectivity index (χ0v) is 13.5. The van der Waals surface area contributed by atoms with E-state index in [0.29, 0.717) is 6.26 Å². The lowest BCUT2D eigenvalue weighted by Gasteiger charge is -2.05. The quantitative estimate of drug-likeness (QED) is 0.304. The zero-order valence-electron chi connectivity index (χ0n) is 12.0. The van der Waals surface area contributed by atoms with Crippen LogP contribution in [0, 0.1) is 0 Å². The molecule has 0 aliphatic carbocycles. The Morgan fingerprint density at radius 2 is 1.62 bits per heavy atom. The first-order valence-electron chi connectivity index (χ1n) is 6.55. The number of aliphatic hydroxyl groups excluding tert-OH is 1. The summed E-state index contributed by atoms with van der Waals surface area (Å²) < 4.78 is 38.2. The molecule has 2 rings (SSSR count). The molecule has 4 nitrogen and oxygen atoms in total. The monoisotopic (exact) mass is 398 g/mol. The van der Waals surface area contributed by atoms with E-state index in [1.54, 1.807) is 12.1 Å². The number of hydrogen-bond donors (Lipinski definition) is 1. The molecule has 8 heteroatoms. The molecule has 0 aliphatic rings. The smallest absolute Gasteiger partial charge is 0.416 e. The molecule has 24 heavy (non-hydrogen) atoms. The van der Waals surface area contributed by atoms with Crippen molar-refractivity contribution in [3.05, 3.63) is 76.1 Å². The van der Waals surface area contributed by atoms with E-state index < -0.39 is 17.5 Å². The number of halogens is 4. The first kappa shape index (κ1) is 17.9. The van der Waals surface area contributed by atoms with Crippen LogP contribution in [0.2, 0.25) is 0 Å². The minimum Gasteiger partial charge on any atom is -0.513 e. The maximum Gasteiger partial charge on any atom is 0.416 e. The highest BCUT2D eigenvalue weighted by molar-refractivity contribution is 9.10. The highest BCUT2D eigenvalue weighted by atomic mass is 79.9. The molecule has 0 aromatic heterocycles. The number of allylic oxidation sites excluding steroid dienone is 1. The number of aliphatic hydroxyl groups is 1. The lowest BCUT2D eigenvalue weighted by atomic mass is 10.1. The van der Waals surface area contributed by atoms with Crippen molar-refractivity contribution < 1.29 is 23.1 Å². The number of benzene rings is 2. The molecule has 0 bridgehead atoms. The minimum atomic E-state index is -4.44. The van der Waals surface area contributed by atoms with Gasteiger partial charge in [-0.05, 0) is 48.5 Å². The van der Waals surface area contributed by atoms with E-state index in [0.717, 1.165) is 28.7 Å². The van der Waals surface area contributed by atoms with Gasteiger partial charge in [0.1, 0.15) is 6.26 Å². The van der Waals surface area contributed by atoms with Crippen molar-refractivity contribution in [1.29, 1.82) is 0 Å². The summed E-state index contributed by atoms with van der Waals surface area (Å²) in [5.41, 5.74) is -0.752. The lowest BCUT2D eigenvalue weighted by Crippen LogP contribution is -2.03. The Bertz CT molecular complexity index is 782. The Hall–Kier alpha value is -2.48. The Balaban J connectivity index is 2.16. The molecule has 0 unspecified atom stereocenters. The topological polar surface area (TPSA) is 62.0 Å². The van der Waals surface area contributed by atoms with Crippen LogP contribution in [-0.2, 0) is 6.18 Å². The molecule has 124 valence electrons. The SMILES string of the molecule is O=C(C(=CO)N=Nc1ccc(C(F)(F)F)cc1)c1ccc(Br)cc1. The second kappa shape index (κ2) is 7.39. The van der Waals surface area contributed by atoms with Gasteiger partial charge in [-0.1, -0.05) is 15.9 Å². The average molecular weight is 399 g/mol. The highest BCUT2D eigenvalue weighted by Crippen LogP contribution is 2.30. The molecule has 0 fully saturated rings.